The van der Waals surface area contributed by atoms with Gasteiger partial charge in [-0.1, -0.05) is 18.2 Å². The van der Waals surface area contributed by atoms with E-state index in [9.17, 15) is 9.59 Å². The number of aliphatic hydroxyl groups excluding tert-OH is 1. The van der Waals surface area contributed by atoms with Crippen molar-refractivity contribution in [1.29, 1.82) is 0 Å². The monoisotopic (exact) mass is 248 g/mol. The van der Waals surface area contributed by atoms with Crippen LogP contribution in [0.2, 0.25) is 0 Å². The number of carbonyl (C=O) groups excluding carboxylic acids is 2. The summed E-state index contributed by atoms with van der Waals surface area (Å²) < 4.78 is 0. The summed E-state index contributed by atoms with van der Waals surface area (Å²) in [5, 5.41) is 11.7. The van der Waals surface area contributed by atoms with Gasteiger partial charge in [0.2, 0.25) is 5.91 Å². The molecule has 1 unspecified atom stereocenters. The maximum Gasteiger partial charge on any atom is 0.251 e. The van der Waals surface area contributed by atoms with Crippen LogP contribution in [0.15, 0.2) is 30.3 Å². The molecule has 1 atom stereocenters. The van der Waals surface area contributed by atoms with Crippen molar-refractivity contribution in [3.63, 3.8) is 0 Å². The summed E-state index contributed by atoms with van der Waals surface area (Å²) >= 11 is 0. The van der Waals surface area contributed by atoms with Gasteiger partial charge < -0.3 is 10.4 Å². The molecule has 0 radical (unpaired) electrons. The van der Waals surface area contributed by atoms with E-state index in [1.165, 1.54) is 4.90 Å². The second kappa shape index (κ2) is 5.75. The highest BCUT2D eigenvalue weighted by atomic mass is 16.3. The number of rotatable bonds is 5. The summed E-state index contributed by atoms with van der Waals surface area (Å²) in [5.74, 6) is -0.406. The Balaban J connectivity index is 2.06. The zero-order chi connectivity index (χ0) is 13.0. The van der Waals surface area contributed by atoms with Gasteiger partial charge >= 0.3 is 0 Å². The Hall–Kier alpha value is -1.72. The van der Waals surface area contributed by atoms with E-state index >= 15 is 0 Å². The van der Waals surface area contributed by atoms with Crippen LogP contribution in [-0.4, -0.2) is 36.1 Å². The molecule has 1 heterocycles. The first-order valence-corrected chi connectivity index (χ1v) is 6.00. The first-order valence-electron chi connectivity index (χ1n) is 6.00. The van der Waals surface area contributed by atoms with Crippen molar-refractivity contribution in [1.82, 2.24) is 5.32 Å². The zero-order valence-corrected chi connectivity index (χ0v) is 10.0. The summed E-state index contributed by atoms with van der Waals surface area (Å²) in [4.78, 5) is 25.2. The van der Waals surface area contributed by atoms with Gasteiger partial charge in [0.1, 0.15) is 0 Å². The number of hydrogen-bond donors (Lipinski definition) is 2. The number of nitrogens with zero attached hydrogens (tertiary/aromatic N) is 1. The molecule has 0 bridgehead atoms. The number of imide groups is 1. The molecule has 0 aliphatic carbocycles. The average Bonchev–Trinajstić information content (AvgIpc) is 2.66. The Bertz CT molecular complexity index is 433. The molecule has 2 amide bonds. The molecule has 1 saturated heterocycles. The molecule has 1 aromatic rings. The SMILES string of the molecule is O=C1CC(NCCCO)C(=O)N1c1ccccc1. The van der Waals surface area contributed by atoms with Gasteiger partial charge in [-0.15, -0.1) is 0 Å². The molecule has 5 nitrogen and oxygen atoms in total. The Labute approximate surface area is 105 Å². The summed E-state index contributed by atoms with van der Waals surface area (Å²) in [5.41, 5.74) is 0.610. The third-order valence-electron chi connectivity index (χ3n) is 2.89. The third kappa shape index (κ3) is 2.57. The van der Waals surface area contributed by atoms with Gasteiger partial charge in [0, 0.05) is 6.61 Å². The standard InChI is InChI=1S/C13H16N2O3/c16-8-4-7-14-11-9-12(17)15(13(11)18)10-5-2-1-3-6-10/h1-3,5-6,11,14,16H,4,7-9H2. The lowest BCUT2D eigenvalue weighted by molar-refractivity contribution is -0.121. The topological polar surface area (TPSA) is 69.6 Å². The van der Waals surface area contributed by atoms with Gasteiger partial charge in [0.15, 0.2) is 0 Å². The number of amides is 2. The van der Waals surface area contributed by atoms with Gasteiger partial charge in [0.05, 0.1) is 18.2 Å². The molecule has 1 aromatic carbocycles. The van der Waals surface area contributed by atoms with Gasteiger partial charge in [-0.05, 0) is 25.1 Å². The number of carbonyl (C=O) groups is 2. The number of nitrogens with one attached hydrogen (secondary N) is 1. The molecule has 1 aliphatic rings. The van der Waals surface area contributed by atoms with Crippen LogP contribution in [0.25, 0.3) is 0 Å². The Morgan fingerprint density at radius 3 is 2.67 bits per heavy atom. The predicted molar refractivity (Wildman–Crippen MR) is 67.0 cm³/mol. The Morgan fingerprint density at radius 1 is 1.28 bits per heavy atom. The van der Waals surface area contributed by atoms with Crippen molar-refractivity contribution < 1.29 is 14.7 Å². The van der Waals surface area contributed by atoms with Crippen molar-refractivity contribution in [3.8, 4) is 0 Å². The van der Waals surface area contributed by atoms with Crippen molar-refractivity contribution in [2.45, 2.75) is 18.9 Å². The number of aliphatic hydroxyl groups is 1. The minimum Gasteiger partial charge on any atom is -0.396 e. The summed E-state index contributed by atoms with van der Waals surface area (Å²) in [7, 11) is 0. The molecule has 18 heavy (non-hydrogen) atoms. The van der Waals surface area contributed by atoms with E-state index in [2.05, 4.69) is 5.32 Å². The molecule has 2 rings (SSSR count). The van der Waals surface area contributed by atoms with E-state index in [4.69, 9.17) is 5.11 Å². The van der Waals surface area contributed by atoms with Crippen LogP contribution in [0, 0.1) is 0 Å². The molecular formula is C13H16N2O3. The summed E-state index contributed by atoms with van der Waals surface area (Å²) in [6.07, 6.45) is 0.752. The van der Waals surface area contributed by atoms with Crippen LogP contribution < -0.4 is 10.2 Å². The second-order valence-corrected chi connectivity index (χ2v) is 4.19. The van der Waals surface area contributed by atoms with Crippen LogP contribution in [0.4, 0.5) is 5.69 Å². The van der Waals surface area contributed by atoms with Crippen LogP contribution in [0.1, 0.15) is 12.8 Å². The average molecular weight is 248 g/mol. The van der Waals surface area contributed by atoms with Gasteiger partial charge in [-0.2, -0.15) is 0 Å². The minimum atomic E-state index is -0.468. The molecular weight excluding hydrogens is 232 g/mol. The molecule has 0 spiro atoms. The van der Waals surface area contributed by atoms with E-state index in [0.717, 1.165) is 0 Å². The lowest BCUT2D eigenvalue weighted by Gasteiger charge is -2.15. The van der Waals surface area contributed by atoms with E-state index in [0.29, 0.717) is 18.7 Å². The summed E-state index contributed by atoms with van der Waals surface area (Å²) in [6.45, 7) is 0.604. The Morgan fingerprint density at radius 2 is 2.00 bits per heavy atom. The van der Waals surface area contributed by atoms with Gasteiger partial charge in [-0.3, -0.25) is 9.59 Å². The maximum atomic E-state index is 12.1. The largest absolute Gasteiger partial charge is 0.396 e. The number of anilines is 1. The zero-order valence-electron chi connectivity index (χ0n) is 10.0. The lowest BCUT2D eigenvalue weighted by atomic mass is 10.2. The van der Waals surface area contributed by atoms with Gasteiger partial charge in [0.25, 0.3) is 5.91 Å². The fourth-order valence-electron chi connectivity index (χ4n) is 2.00. The van der Waals surface area contributed by atoms with Crippen molar-refractivity contribution in [2.75, 3.05) is 18.1 Å². The number of hydrogen-bond acceptors (Lipinski definition) is 4. The van der Waals surface area contributed by atoms with Crippen LogP contribution >= 0.6 is 0 Å². The minimum absolute atomic E-state index is 0.0737. The predicted octanol–water partition coefficient (Wildman–Crippen LogP) is 0.290. The first kappa shape index (κ1) is 12.7. The van der Waals surface area contributed by atoms with Crippen LogP contribution in [0.5, 0.6) is 0 Å². The van der Waals surface area contributed by atoms with E-state index in [1.807, 2.05) is 6.07 Å². The quantitative estimate of drug-likeness (QED) is 0.580. The van der Waals surface area contributed by atoms with Crippen molar-refractivity contribution >= 4 is 17.5 Å². The fourth-order valence-corrected chi connectivity index (χ4v) is 2.00. The molecule has 5 heteroatoms. The van der Waals surface area contributed by atoms with Crippen LogP contribution in [0.3, 0.4) is 0 Å². The van der Waals surface area contributed by atoms with Crippen molar-refractivity contribution in [3.05, 3.63) is 30.3 Å². The first-order chi connectivity index (χ1) is 8.74. The molecule has 1 fully saturated rings. The van der Waals surface area contributed by atoms with Crippen molar-refractivity contribution in [2.24, 2.45) is 0 Å². The highest BCUT2D eigenvalue weighted by molar-refractivity contribution is 6.22. The second-order valence-electron chi connectivity index (χ2n) is 4.19. The molecule has 0 saturated carbocycles. The number of para-hydroxylation sites is 1. The summed E-state index contributed by atoms with van der Waals surface area (Å²) in [6, 6.07) is 8.44. The third-order valence-corrected chi connectivity index (χ3v) is 2.89. The fraction of sp³-hybridized carbons (Fsp3) is 0.385. The Kier molecular flexibility index (Phi) is 4.07. The maximum absolute atomic E-state index is 12.1. The smallest absolute Gasteiger partial charge is 0.251 e. The van der Waals surface area contributed by atoms with E-state index < -0.39 is 6.04 Å². The van der Waals surface area contributed by atoms with Crippen LogP contribution in [-0.2, 0) is 9.59 Å². The van der Waals surface area contributed by atoms with E-state index in [-0.39, 0.29) is 24.8 Å². The molecule has 1 aliphatic heterocycles. The number of benzene rings is 1. The van der Waals surface area contributed by atoms with E-state index in [1.54, 1.807) is 24.3 Å². The lowest BCUT2D eigenvalue weighted by Crippen LogP contribution is -2.39. The normalized spacial score (nSPS) is 19.6. The molecule has 2 N–H and O–H groups in total. The highest BCUT2D eigenvalue weighted by Gasteiger charge is 2.38. The molecule has 96 valence electrons. The highest BCUT2D eigenvalue weighted by Crippen LogP contribution is 2.22. The van der Waals surface area contributed by atoms with Gasteiger partial charge in [-0.25, -0.2) is 4.90 Å². The molecule has 0 aromatic heterocycles.